The van der Waals surface area contributed by atoms with E-state index in [1.807, 2.05) is 18.2 Å². The highest BCUT2D eigenvalue weighted by Crippen LogP contribution is 2.36. The van der Waals surface area contributed by atoms with Crippen LogP contribution in [0.4, 0.5) is 0 Å². The first-order valence-electron chi connectivity index (χ1n) is 10.1. The van der Waals surface area contributed by atoms with Crippen molar-refractivity contribution in [2.75, 3.05) is 0 Å². The van der Waals surface area contributed by atoms with Gasteiger partial charge in [-0.1, -0.05) is 47.5 Å². The van der Waals surface area contributed by atoms with Crippen LogP contribution in [0.25, 0.3) is 38.6 Å². The number of hydrogen-bond acceptors (Lipinski definition) is 1. The van der Waals surface area contributed by atoms with Gasteiger partial charge in [0.15, 0.2) is 0 Å². The van der Waals surface area contributed by atoms with Crippen molar-refractivity contribution in [3.8, 4) is 16.8 Å². The van der Waals surface area contributed by atoms with Crippen LogP contribution in [0, 0.1) is 13.8 Å². The summed E-state index contributed by atoms with van der Waals surface area (Å²) in [5.41, 5.74) is 7.38. The molecule has 31 heavy (non-hydrogen) atoms. The maximum absolute atomic E-state index is 11.7. The largest absolute Gasteiger partial charge is 0.356 e. The van der Waals surface area contributed by atoms with Crippen molar-refractivity contribution in [2.24, 2.45) is 0 Å². The molecule has 0 saturated carbocycles. The van der Waals surface area contributed by atoms with Crippen LogP contribution in [-0.2, 0) is 4.57 Å². The summed E-state index contributed by atoms with van der Waals surface area (Å²) in [7, 11) is -4.31. The van der Waals surface area contributed by atoms with Gasteiger partial charge >= 0.3 is 7.60 Å². The Bertz CT molecular complexity index is 1450. The minimum atomic E-state index is -4.31. The van der Waals surface area contributed by atoms with Gasteiger partial charge in [0.25, 0.3) is 0 Å². The second kappa shape index (κ2) is 7.21. The molecule has 0 atom stereocenters. The standard InChI is InChI=1S/C26H22NO3P/c1-17-9-11-25-23(13-17)24-14-18(2)10-12-26(24)27(25)21-7-3-5-19(15-21)20-6-4-8-22(16-20)31(28,29)30/h3-16H,1-2H3,(H2,28,29,30). The molecular weight excluding hydrogens is 405 g/mol. The average molecular weight is 427 g/mol. The topological polar surface area (TPSA) is 62.5 Å². The molecule has 4 nitrogen and oxygen atoms in total. The lowest BCUT2D eigenvalue weighted by Crippen LogP contribution is -2.03. The van der Waals surface area contributed by atoms with Gasteiger partial charge in [-0.3, -0.25) is 4.57 Å². The van der Waals surface area contributed by atoms with E-state index >= 15 is 0 Å². The summed E-state index contributed by atoms with van der Waals surface area (Å²) in [6.07, 6.45) is 0. The Kier molecular flexibility index (Phi) is 4.60. The Balaban J connectivity index is 1.75. The van der Waals surface area contributed by atoms with Crippen LogP contribution in [0.15, 0.2) is 84.9 Å². The van der Waals surface area contributed by atoms with Crippen molar-refractivity contribution in [2.45, 2.75) is 13.8 Å². The highest BCUT2D eigenvalue weighted by Gasteiger charge is 2.18. The number of benzene rings is 4. The normalized spacial score (nSPS) is 12.0. The molecule has 4 aromatic carbocycles. The molecule has 1 aromatic heterocycles. The average Bonchev–Trinajstić information content (AvgIpc) is 3.06. The van der Waals surface area contributed by atoms with Crippen LogP contribution >= 0.6 is 7.60 Å². The van der Waals surface area contributed by atoms with E-state index in [0.29, 0.717) is 0 Å². The van der Waals surface area contributed by atoms with E-state index in [-0.39, 0.29) is 5.30 Å². The molecule has 5 rings (SSSR count). The molecular formula is C26H22NO3P. The number of aryl methyl sites for hydroxylation is 2. The monoisotopic (exact) mass is 427 g/mol. The number of aromatic nitrogens is 1. The molecule has 0 aliphatic carbocycles. The van der Waals surface area contributed by atoms with Crippen molar-refractivity contribution < 1.29 is 14.4 Å². The van der Waals surface area contributed by atoms with Gasteiger partial charge in [-0.05, 0) is 73.5 Å². The van der Waals surface area contributed by atoms with Crippen LogP contribution in [0.3, 0.4) is 0 Å². The second-order valence-corrected chi connectivity index (χ2v) is 9.63. The van der Waals surface area contributed by atoms with Gasteiger partial charge in [-0.15, -0.1) is 0 Å². The number of rotatable bonds is 3. The third kappa shape index (κ3) is 3.49. The first-order chi connectivity index (χ1) is 14.8. The fourth-order valence-corrected chi connectivity index (χ4v) is 4.81. The smallest absolute Gasteiger partial charge is 0.321 e. The molecule has 0 unspecified atom stereocenters. The summed E-state index contributed by atoms with van der Waals surface area (Å²) >= 11 is 0. The number of nitrogens with zero attached hydrogens (tertiary/aromatic N) is 1. The summed E-state index contributed by atoms with van der Waals surface area (Å²) in [5, 5.41) is 2.46. The van der Waals surface area contributed by atoms with Gasteiger partial charge in [0, 0.05) is 16.5 Å². The summed E-state index contributed by atoms with van der Waals surface area (Å²) < 4.78 is 14.0. The maximum atomic E-state index is 11.7. The number of hydrogen-bond donors (Lipinski definition) is 2. The minimum Gasteiger partial charge on any atom is -0.321 e. The van der Waals surface area contributed by atoms with Crippen LogP contribution in [0.1, 0.15) is 11.1 Å². The highest BCUT2D eigenvalue weighted by molar-refractivity contribution is 7.60. The molecule has 0 fully saturated rings. The summed E-state index contributed by atoms with van der Waals surface area (Å²) in [5.74, 6) is 0. The third-order valence-corrected chi connectivity index (χ3v) is 6.65. The third-order valence-electron chi connectivity index (χ3n) is 5.70. The molecule has 154 valence electrons. The van der Waals surface area contributed by atoms with Crippen LogP contribution in [0.5, 0.6) is 0 Å². The van der Waals surface area contributed by atoms with E-state index in [2.05, 4.69) is 66.9 Å². The summed E-state index contributed by atoms with van der Waals surface area (Å²) in [6, 6.07) is 27.7. The molecule has 2 N–H and O–H groups in total. The lowest BCUT2D eigenvalue weighted by atomic mass is 10.1. The molecule has 5 aromatic rings. The number of fused-ring (bicyclic) bond motifs is 3. The second-order valence-electron chi connectivity index (χ2n) is 8.02. The van der Waals surface area contributed by atoms with Crippen molar-refractivity contribution in [1.82, 2.24) is 4.57 Å². The first-order valence-corrected chi connectivity index (χ1v) is 11.7. The van der Waals surface area contributed by atoms with E-state index in [0.717, 1.165) is 27.8 Å². The molecule has 0 bridgehead atoms. The molecule has 0 amide bonds. The van der Waals surface area contributed by atoms with Crippen molar-refractivity contribution >= 4 is 34.7 Å². The van der Waals surface area contributed by atoms with Crippen molar-refractivity contribution in [3.63, 3.8) is 0 Å². The Hall–Kier alpha value is -3.17. The zero-order valence-corrected chi connectivity index (χ0v) is 18.2. The van der Waals surface area contributed by atoms with Gasteiger partial charge in [0.2, 0.25) is 0 Å². The van der Waals surface area contributed by atoms with Crippen LogP contribution < -0.4 is 5.30 Å². The SMILES string of the molecule is Cc1ccc2c(c1)c1cc(C)ccc1n2-c1cccc(-c2cccc(P(=O)(O)O)c2)c1. The van der Waals surface area contributed by atoms with E-state index in [1.165, 1.54) is 28.0 Å². The van der Waals surface area contributed by atoms with Gasteiger partial charge < -0.3 is 14.4 Å². The van der Waals surface area contributed by atoms with Gasteiger partial charge in [-0.25, -0.2) is 0 Å². The first kappa shape index (κ1) is 19.8. The van der Waals surface area contributed by atoms with E-state index in [4.69, 9.17) is 0 Å². The predicted octanol–water partition coefficient (Wildman–Crippen LogP) is 5.87. The Morgan fingerprint density at radius 1 is 0.677 bits per heavy atom. The lowest BCUT2D eigenvalue weighted by Gasteiger charge is -2.11. The fraction of sp³-hybridized carbons (Fsp3) is 0.0769. The quantitative estimate of drug-likeness (QED) is 0.354. The van der Waals surface area contributed by atoms with E-state index in [9.17, 15) is 14.4 Å². The van der Waals surface area contributed by atoms with Gasteiger partial charge in [0.1, 0.15) is 0 Å². The molecule has 5 heteroatoms. The summed E-state index contributed by atoms with van der Waals surface area (Å²) in [4.78, 5) is 19.1. The molecule has 0 aliphatic rings. The molecule has 0 spiro atoms. The molecule has 0 saturated heterocycles. The molecule has 1 heterocycles. The van der Waals surface area contributed by atoms with Gasteiger partial charge in [0.05, 0.1) is 16.3 Å². The van der Waals surface area contributed by atoms with E-state index < -0.39 is 7.60 Å². The zero-order valence-electron chi connectivity index (χ0n) is 17.3. The maximum Gasteiger partial charge on any atom is 0.356 e. The Labute approximate surface area is 180 Å². The fourth-order valence-electron chi connectivity index (χ4n) is 4.22. The highest BCUT2D eigenvalue weighted by atomic mass is 31.2. The van der Waals surface area contributed by atoms with Crippen molar-refractivity contribution in [3.05, 3.63) is 96.1 Å². The zero-order chi connectivity index (χ0) is 21.8. The van der Waals surface area contributed by atoms with Crippen molar-refractivity contribution in [1.29, 1.82) is 0 Å². The van der Waals surface area contributed by atoms with Gasteiger partial charge in [-0.2, -0.15) is 0 Å². The Morgan fingerprint density at radius 2 is 1.23 bits per heavy atom. The minimum absolute atomic E-state index is 0.0261. The summed E-state index contributed by atoms with van der Waals surface area (Å²) in [6.45, 7) is 4.21. The van der Waals surface area contributed by atoms with Crippen LogP contribution in [-0.4, -0.2) is 14.4 Å². The van der Waals surface area contributed by atoms with E-state index in [1.54, 1.807) is 12.1 Å². The molecule has 0 aliphatic heterocycles. The predicted molar refractivity (Wildman–Crippen MR) is 127 cm³/mol. The van der Waals surface area contributed by atoms with Crippen LogP contribution in [0.2, 0.25) is 0 Å². The lowest BCUT2D eigenvalue weighted by molar-refractivity contribution is 0.387. The Morgan fingerprint density at radius 3 is 1.81 bits per heavy atom. The molecule has 0 radical (unpaired) electrons.